The summed E-state index contributed by atoms with van der Waals surface area (Å²) in [6.07, 6.45) is 1.52. The Kier molecular flexibility index (Phi) is 12.8. The molecule has 46 heavy (non-hydrogen) atoms. The van der Waals surface area contributed by atoms with Crippen molar-refractivity contribution in [3.63, 3.8) is 0 Å². The minimum absolute atomic E-state index is 0.181. The van der Waals surface area contributed by atoms with Crippen molar-refractivity contribution in [3.8, 4) is 17.2 Å². The van der Waals surface area contributed by atoms with Gasteiger partial charge in [0.05, 0.1) is 38.7 Å². The van der Waals surface area contributed by atoms with E-state index < -0.39 is 23.9 Å². The lowest BCUT2D eigenvalue weighted by Crippen LogP contribution is -2.45. The van der Waals surface area contributed by atoms with Crippen LogP contribution in [0.2, 0.25) is 10.0 Å². The van der Waals surface area contributed by atoms with Gasteiger partial charge in [-0.1, -0.05) is 35.3 Å². The summed E-state index contributed by atoms with van der Waals surface area (Å²) in [4.78, 5) is 37.3. The molecule has 0 saturated heterocycles. The fourth-order valence-electron chi connectivity index (χ4n) is 4.34. The molecule has 242 valence electrons. The predicted octanol–water partition coefficient (Wildman–Crippen LogP) is 6.51. The van der Waals surface area contributed by atoms with E-state index in [-0.39, 0.29) is 31.1 Å². The van der Waals surface area contributed by atoms with Crippen LogP contribution in [-0.2, 0) is 20.9 Å². The average molecular weight is 893 g/mol. The molecule has 3 N–H and O–H groups in total. The molecule has 0 bridgehead atoms. The number of rotatable bonds is 12. The van der Waals surface area contributed by atoms with Crippen molar-refractivity contribution in [2.24, 2.45) is 5.10 Å². The largest absolute Gasteiger partial charge is 0.493 e. The summed E-state index contributed by atoms with van der Waals surface area (Å²) in [6, 6.07) is 12.6. The molecule has 0 aliphatic carbocycles. The van der Waals surface area contributed by atoms with Crippen LogP contribution in [-0.4, -0.2) is 44.4 Å². The van der Waals surface area contributed by atoms with E-state index in [0.29, 0.717) is 32.8 Å². The number of hydrogen-bond acceptors (Lipinski definition) is 8. The van der Waals surface area contributed by atoms with Gasteiger partial charge in [0.15, 0.2) is 18.1 Å². The number of benzene rings is 3. The van der Waals surface area contributed by atoms with E-state index in [9.17, 15) is 14.4 Å². The number of halogens is 4. The highest BCUT2D eigenvalue weighted by Crippen LogP contribution is 2.35. The van der Waals surface area contributed by atoms with Crippen LogP contribution < -0.4 is 30.3 Å². The number of amides is 3. The summed E-state index contributed by atoms with van der Waals surface area (Å²) in [5.74, 6) is 0.228. The lowest BCUT2D eigenvalue weighted by molar-refractivity contribution is -0.139. The standard InChI is InChI=1S/C31H28Cl2I2N4O7/c1-4-44-30(41)27-16(2)37-31(42)38-28(27)18-6-8-24(25(11-18)43-3)45-15-26(40)39-36-13-17-9-22(34)29(23(35)10-17)46-14-19-5-7-20(32)12-21(19)33/h5-13,28H,4,14-15H2,1-3H3,(H,39,40)(H2,37,38,42)/b36-13-/t28-/m1/s1. The highest BCUT2D eigenvalue weighted by molar-refractivity contribution is 14.1. The van der Waals surface area contributed by atoms with Crippen molar-refractivity contribution in [1.29, 1.82) is 0 Å². The fourth-order valence-corrected chi connectivity index (χ4v) is 6.93. The third-order valence-corrected chi connectivity index (χ3v) is 8.64. The first-order valence-electron chi connectivity index (χ1n) is 13.6. The van der Waals surface area contributed by atoms with Crippen molar-refractivity contribution in [3.05, 3.63) is 93.7 Å². The number of methoxy groups -OCH3 is 1. The number of hydrazone groups is 1. The van der Waals surface area contributed by atoms with Crippen molar-refractivity contribution in [1.82, 2.24) is 16.1 Å². The molecule has 3 amide bonds. The van der Waals surface area contributed by atoms with Gasteiger partial charge in [-0.3, -0.25) is 4.79 Å². The zero-order valence-corrected chi connectivity index (χ0v) is 30.5. The monoisotopic (exact) mass is 892 g/mol. The van der Waals surface area contributed by atoms with Gasteiger partial charge >= 0.3 is 12.0 Å². The highest BCUT2D eigenvalue weighted by atomic mass is 127. The molecular weight excluding hydrogens is 865 g/mol. The number of carbonyl (C=O) groups is 3. The number of hydrogen-bond donors (Lipinski definition) is 3. The molecule has 3 aromatic carbocycles. The fraction of sp³-hybridized carbons (Fsp3) is 0.226. The summed E-state index contributed by atoms with van der Waals surface area (Å²) >= 11 is 16.6. The van der Waals surface area contributed by atoms with Crippen LogP contribution in [0.4, 0.5) is 4.79 Å². The van der Waals surface area contributed by atoms with Crippen molar-refractivity contribution >= 4 is 92.5 Å². The second-order valence-corrected chi connectivity index (χ2v) is 12.8. The number of nitrogens with zero attached hydrogens (tertiary/aromatic N) is 1. The van der Waals surface area contributed by atoms with Gasteiger partial charge in [-0.05, 0) is 107 Å². The van der Waals surface area contributed by atoms with Gasteiger partial charge in [0.25, 0.3) is 5.91 Å². The van der Waals surface area contributed by atoms with Crippen LogP contribution in [0.5, 0.6) is 17.2 Å². The second kappa shape index (κ2) is 16.5. The molecular formula is C31H28Cl2I2N4O7. The highest BCUT2D eigenvalue weighted by Gasteiger charge is 2.32. The molecule has 0 unspecified atom stereocenters. The molecule has 1 aliphatic heterocycles. The minimum Gasteiger partial charge on any atom is -0.493 e. The van der Waals surface area contributed by atoms with Gasteiger partial charge in [0.1, 0.15) is 12.4 Å². The zero-order valence-electron chi connectivity index (χ0n) is 24.7. The van der Waals surface area contributed by atoms with Gasteiger partial charge in [0, 0.05) is 21.3 Å². The molecule has 3 aromatic rings. The van der Waals surface area contributed by atoms with Crippen LogP contribution >= 0.6 is 68.4 Å². The van der Waals surface area contributed by atoms with Crippen molar-refractivity contribution in [2.75, 3.05) is 20.3 Å². The molecule has 4 rings (SSSR count). The van der Waals surface area contributed by atoms with Crippen molar-refractivity contribution in [2.45, 2.75) is 26.5 Å². The first-order chi connectivity index (χ1) is 22.0. The Bertz CT molecular complexity index is 1700. The van der Waals surface area contributed by atoms with E-state index in [4.69, 9.17) is 42.1 Å². The smallest absolute Gasteiger partial charge is 0.338 e. The third-order valence-electron chi connectivity index (χ3n) is 6.45. The molecule has 1 aliphatic rings. The van der Waals surface area contributed by atoms with Crippen molar-refractivity contribution < 1.29 is 33.3 Å². The number of urea groups is 1. The quantitative estimate of drug-likeness (QED) is 0.0817. The Morgan fingerprint density at radius 3 is 2.46 bits per heavy atom. The van der Waals surface area contributed by atoms with Crippen LogP contribution in [0.25, 0.3) is 0 Å². The molecule has 0 aromatic heterocycles. The molecule has 0 fully saturated rings. The summed E-state index contributed by atoms with van der Waals surface area (Å²) in [6.45, 7) is 3.43. The number of esters is 1. The maximum absolute atomic E-state index is 12.6. The first-order valence-corrected chi connectivity index (χ1v) is 16.6. The predicted molar refractivity (Wildman–Crippen MR) is 191 cm³/mol. The summed E-state index contributed by atoms with van der Waals surface area (Å²) < 4.78 is 24.0. The Labute approximate surface area is 302 Å². The molecule has 1 atom stereocenters. The lowest BCUT2D eigenvalue weighted by Gasteiger charge is -2.28. The Morgan fingerprint density at radius 1 is 1.04 bits per heavy atom. The SMILES string of the molecule is CCOC(=O)C1=C(C)NC(=O)N[C@@H]1c1ccc(OCC(=O)N/N=C\c2cc(I)c(OCc3ccc(Cl)cc3Cl)c(I)c2)c(OC)c1. The van der Waals surface area contributed by atoms with Crippen LogP contribution in [0, 0.1) is 7.14 Å². The Morgan fingerprint density at radius 2 is 1.78 bits per heavy atom. The summed E-state index contributed by atoms with van der Waals surface area (Å²) in [7, 11) is 1.44. The van der Waals surface area contributed by atoms with Crippen LogP contribution in [0.1, 0.15) is 36.6 Å². The number of carbonyl (C=O) groups excluding carboxylic acids is 3. The number of nitrogens with one attached hydrogen (secondary N) is 3. The number of allylic oxidation sites excluding steroid dienone is 1. The Hall–Kier alpha value is -3.28. The maximum atomic E-state index is 12.6. The van der Waals surface area contributed by atoms with Crippen LogP contribution in [0.15, 0.2) is 64.9 Å². The molecule has 15 heteroatoms. The second-order valence-electron chi connectivity index (χ2n) is 9.62. The topological polar surface area (TPSA) is 137 Å². The maximum Gasteiger partial charge on any atom is 0.338 e. The lowest BCUT2D eigenvalue weighted by atomic mass is 9.95. The molecule has 0 spiro atoms. The van der Waals surface area contributed by atoms with Gasteiger partial charge in [-0.25, -0.2) is 15.0 Å². The normalized spacial score (nSPS) is 14.4. The van der Waals surface area contributed by atoms with Gasteiger partial charge < -0.3 is 29.6 Å². The summed E-state index contributed by atoms with van der Waals surface area (Å²) in [5, 5.41) is 10.5. The van der Waals surface area contributed by atoms with E-state index >= 15 is 0 Å². The van der Waals surface area contributed by atoms with E-state index in [1.165, 1.54) is 13.3 Å². The van der Waals surface area contributed by atoms with Gasteiger partial charge in [0.2, 0.25) is 0 Å². The Balaban J connectivity index is 1.36. The molecule has 0 radical (unpaired) electrons. The zero-order chi connectivity index (χ0) is 33.4. The van der Waals surface area contributed by atoms with E-state index in [1.54, 1.807) is 44.2 Å². The van der Waals surface area contributed by atoms with Crippen LogP contribution in [0.3, 0.4) is 0 Å². The van der Waals surface area contributed by atoms with Gasteiger partial charge in [-0.15, -0.1) is 0 Å². The average Bonchev–Trinajstić information content (AvgIpc) is 3.00. The molecule has 11 nitrogen and oxygen atoms in total. The third kappa shape index (κ3) is 9.17. The van der Waals surface area contributed by atoms with E-state index in [1.807, 2.05) is 18.2 Å². The molecule has 1 heterocycles. The minimum atomic E-state index is -0.776. The van der Waals surface area contributed by atoms with Gasteiger partial charge in [-0.2, -0.15) is 5.10 Å². The van der Waals surface area contributed by atoms with E-state index in [0.717, 1.165) is 18.3 Å². The summed E-state index contributed by atoms with van der Waals surface area (Å²) in [5.41, 5.74) is 5.22. The number of ether oxygens (including phenoxy) is 4. The van der Waals surface area contributed by atoms with E-state index in [2.05, 4.69) is 66.3 Å². The first kappa shape index (κ1) is 35.6. The molecule has 0 saturated carbocycles.